The molecule has 0 aliphatic heterocycles. The number of hydrogen-bond donors (Lipinski definition) is 1. The lowest BCUT2D eigenvalue weighted by molar-refractivity contribution is -0.385. The summed E-state index contributed by atoms with van der Waals surface area (Å²) < 4.78 is 0. The zero-order valence-electron chi connectivity index (χ0n) is 11.4. The fraction of sp³-hybridized carbons (Fsp3) is 0.429. The Morgan fingerprint density at radius 1 is 1.39 bits per heavy atom. The molecule has 0 aliphatic rings. The lowest BCUT2D eigenvalue weighted by Gasteiger charge is -2.20. The van der Waals surface area contributed by atoms with Crippen LogP contribution in [-0.4, -0.2) is 17.0 Å². The Labute approximate surface area is 108 Å². The second-order valence-corrected chi connectivity index (χ2v) is 5.41. The summed E-state index contributed by atoms with van der Waals surface area (Å²) in [6.45, 7) is 8.95. The summed E-state index contributed by atoms with van der Waals surface area (Å²) in [4.78, 5) is 10.5. The molecular weight excluding hydrogens is 228 g/mol. The smallest absolute Gasteiger partial charge is 0.276 e. The maximum atomic E-state index is 10.9. The molecule has 0 amide bonds. The quantitative estimate of drug-likeness (QED) is 0.656. The highest BCUT2D eigenvalue weighted by Gasteiger charge is 2.11. The maximum Gasteiger partial charge on any atom is 0.276 e. The molecule has 4 nitrogen and oxygen atoms in total. The Hall–Kier alpha value is -1.68. The third-order valence-electron chi connectivity index (χ3n) is 2.43. The molecule has 1 aromatic rings. The van der Waals surface area contributed by atoms with Gasteiger partial charge in [-0.1, -0.05) is 17.7 Å². The van der Waals surface area contributed by atoms with Gasteiger partial charge in [-0.15, -0.1) is 0 Å². The van der Waals surface area contributed by atoms with Crippen molar-refractivity contribution in [3.05, 3.63) is 45.5 Å². The third kappa shape index (κ3) is 4.67. The SMILES string of the molecule is CC(=Cc1ccccc1[N+](=O)[O-])CNC(C)(C)C. The molecule has 0 bridgehead atoms. The summed E-state index contributed by atoms with van der Waals surface area (Å²) in [5, 5.41) is 14.2. The third-order valence-corrected chi connectivity index (χ3v) is 2.43. The number of nitrogens with one attached hydrogen (secondary N) is 1. The number of benzene rings is 1. The lowest BCUT2D eigenvalue weighted by Crippen LogP contribution is -2.36. The molecule has 18 heavy (non-hydrogen) atoms. The average molecular weight is 248 g/mol. The van der Waals surface area contributed by atoms with E-state index in [0.717, 1.165) is 12.1 Å². The minimum atomic E-state index is -0.351. The number of para-hydroxylation sites is 1. The molecule has 0 saturated heterocycles. The highest BCUT2D eigenvalue weighted by molar-refractivity contribution is 5.62. The van der Waals surface area contributed by atoms with Gasteiger partial charge in [-0.3, -0.25) is 10.1 Å². The molecule has 0 fully saturated rings. The molecule has 0 unspecified atom stereocenters. The normalized spacial score (nSPS) is 12.6. The summed E-state index contributed by atoms with van der Waals surface area (Å²) in [7, 11) is 0. The van der Waals surface area contributed by atoms with E-state index in [1.165, 1.54) is 6.07 Å². The standard InChI is InChI=1S/C14H20N2O2/c1-11(10-15-14(2,3)4)9-12-7-5-6-8-13(12)16(17)18/h5-9,15H,10H2,1-4H3. The van der Waals surface area contributed by atoms with Gasteiger partial charge in [-0.05, 0) is 39.8 Å². The number of hydrogen-bond acceptors (Lipinski definition) is 3. The molecule has 0 aliphatic carbocycles. The van der Waals surface area contributed by atoms with Crippen LogP contribution in [0.2, 0.25) is 0 Å². The molecule has 0 saturated carbocycles. The van der Waals surface area contributed by atoms with Gasteiger partial charge in [-0.2, -0.15) is 0 Å². The van der Waals surface area contributed by atoms with Crippen molar-refractivity contribution in [2.45, 2.75) is 33.2 Å². The first kappa shape index (κ1) is 14.4. The molecule has 4 heteroatoms. The number of rotatable bonds is 4. The van der Waals surface area contributed by atoms with Crippen molar-refractivity contribution in [2.24, 2.45) is 0 Å². The van der Waals surface area contributed by atoms with Gasteiger partial charge in [0.2, 0.25) is 0 Å². The molecule has 1 aromatic carbocycles. The van der Waals surface area contributed by atoms with E-state index >= 15 is 0 Å². The number of nitro benzene ring substituents is 1. The van der Waals surface area contributed by atoms with E-state index in [1.807, 2.05) is 19.1 Å². The van der Waals surface area contributed by atoms with Crippen LogP contribution < -0.4 is 5.32 Å². The summed E-state index contributed by atoms with van der Waals surface area (Å²) >= 11 is 0. The Kier molecular flexibility index (Phi) is 4.62. The van der Waals surface area contributed by atoms with E-state index in [1.54, 1.807) is 12.1 Å². The van der Waals surface area contributed by atoms with Gasteiger partial charge in [0.1, 0.15) is 0 Å². The van der Waals surface area contributed by atoms with Crippen LogP contribution in [-0.2, 0) is 0 Å². The van der Waals surface area contributed by atoms with Crippen LogP contribution >= 0.6 is 0 Å². The molecule has 1 rings (SSSR count). The zero-order chi connectivity index (χ0) is 13.8. The van der Waals surface area contributed by atoms with Crippen molar-refractivity contribution in [2.75, 3.05) is 6.54 Å². The first-order valence-corrected chi connectivity index (χ1v) is 5.95. The van der Waals surface area contributed by atoms with E-state index in [9.17, 15) is 10.1 Å². The van der Waals surface area contributed by atoms with Crippen molar-refractivity contribution in [1.82, 2.24) is 5.32 Å². The minimum absolute atomic E-state index is 0.0394. The van der Waals surface area contributed by atoms with Crippen LogP contribution in [0.4, 0.5) is 5.69 Å². The Bertz CT molecular complexity index is 459. The molecule has 1 N–H and O–H groups in total. The topological polar surface area (TPSA) is 55.2 Å². The van der Waals surface area contributed by atoms with Gasteiger partial charge >= 0.3 is 0 Å². The first-order chi connectivity index (χ1) is 8.29. The van der Waals surface area contributed by atoms with Crippen LogP contribution in [0, 0.1) is 10.1 Å². The van der Waals surface area contributed by atoms with Crippen LogP contribution in [0.15, 0.2) is 29.8 Å². The minimum Gasteiger partial charge on any atom is -0.308 e. The highest BCUT2D eigenvalue weighted by Crippen LogP contribution is 2.20. The van der Waals surface area contributed by atoms with E-state index in [2.05, 4.69) is 26.1 Å². The summed E-state index contributed by atoms with van der Waals surface area (Å²) in [6, 6.07) is 6.77. The van der Waals surface area contributed by atoms with Gasteiger partial charge < -0.3 is 5.32 Å². The predicted molar refractivity (Wildman–Crippen MR) is 74.5 cm³/mol. The Balaban J connectivity index is 2.85. The summed E-state index contributed by atoms with van der Waals surface area (Å²) in [5.41, 5.74) is 1.90. The molecule has 0 aromatic heterocycles. The Morgan fingerprint density at radius 2 is 2.00 bits per heavy atom. The summed E-state index contributed by atoms with van der Waals surface area (Å²) in [6.07, 6.45) is 1.86. The van der Waals surface area contributed by atoms with Crippen molar-refractivity contribution in [1.29, 1.82) is 0 Å². The van der Waals surface area contributed by atoms with Crippen molar-refractivity contribution < 1.29 is 4.92 Å². The number of nitrogens with zero attached hydrogens (tertiary/aromatic N) is 1. The molecule has 0 spiro atoms. The van der Waals surface area contributed by atoms with Gasteiger partial charge in [0.25, 0.3) is 5.69 Å². The second-order valence-electron chi connectivity index (χ2n) is 5.41. The van der Waals surface area contributed by atoms with E-state index in [-0.39, 0.29) is 16.1 Å². The van der Waals surface area contributed by atoms with Gasteiger partial charge in [-0.25, -0.2) is 0 Å². The predicted octanol–water partition coefficient (Wildman–Crippen LogP) is 3.39. The largest absolute Gasteiger partial charge is 0.308 e. The fourth-order valence-electron chi connectivity index (χ4n) is 1.50. The van der Waals surface area contributed by atoms with Gasteiger partial charge in [0.15, 0.2) is 0 Å². The van der Waals surface area contributed by atoms with E-state index in [4.69, 9.17) is 0 Å². The average Bonchev–Trinajstić information content (AvgIpc) is 2.26. The second kappa shape index (κ2) is 5.78. The fourth-order valence-corrected chi connectivity index (χ4v) is 1.50. The molecule has 0 atom stereocenters. The van der Waals surface area contributed by atoms with Crippen LogP contribution in [0.1, 0.15) is 33.3 Å². The maximum absolute atomic E-state index is 10.9. The lowest BCUT2D eigenvalue weighted by atomic mass is 10.1. The molecular formula is C14H20N2O2. The van der Waals surface area contributed by atoms with E-state index < -0.39 is 0 Å². The van der Waals surface area contributed by atoms with Gasteiger partial charge in [0, 0.05) is 18.2 Å². The molecule has 98 valence electrons. The first-order valence-electron chi connectivity index (χ1n) is 5.95. The van der Waals surface area contributed by atoms with Crippen LogP contribution in [0.3, 0.4) is 0 Å². The van der Waals surface area contributed by atoms with Gasteiger partial charge in [0.05, 0.1) is 10.5 Å². The molecule has 0 radical (unpaired) electrons. The summed E-state index contributed by atoms with van der Waals surface area (Å²) in [5.74, 6) is 0. The van der Waals surface area contributed by atoms with Crippen molar-refractivity contribution in [3.63, 3.8) is 0 Å². The highest BCUT2D eigenvalue weighted by atomic mass is 16.6. The Morgan fingerprint density at radius 3 is 2.56 bits per heavy atom. The van der Waals surface area contributed by atoms with E-state index in [0.29, 0.717) is 5.56 Å². The van der Waals surface area contributed by atoms with Crippen molar-refractivity contribution >= 4 is 11.8 Å². The number of nitro groups is 1. The van der Waals surface area contributed by atoms with Crippen LogP contribution in [0.5, 0.6) is 0 Å². The monoisotopic (exact) mass is 248 g/mol. The van der Waals surface area contributed by atoms with Crippen molar-refractivity contribution in [3.8, 4) is 0 Å². The molecule has 0 heterocycles. The zero-order valence-corrected chi connectivity index (χ0v) is 11.4. The van der Waals surface area contributed by atoms with Crippen LogP contribution in [0.25, 0.3) is 6.08 Å².